The molecule has 0 N–H and O–H groups in total. The molecule has 0 aliphatic rings. The predicted molar refractivity (Wildman–Crippen MR) is 44.3 cm³/mol. The summed E-state index contributed by atoms with van der Waals surface area (Å²) in [6.45, 7) is 0. The summed E-state index contributed by atoms with van der Waals surface area (Å²) in [5.41, 5.74) is 1.13. The quantitative estimate of drug-likeness (QED) is 0.641. The van der Waals surface area contributed by atoms with Crippen LogP contribution in [0.4, 0.5) is 0 Å². The minimum Gasteiger partial charge on any atom is -0.249 e. The highest BCUT2D eigenvalue weighted by atomic mass is 32.1. The lowest BCUT2D eigenvalue weighted by Crippen LogP contribution is -1.92. The van der Waals surface area contributed by atoms with Gasteiger partial charge in [0.25, 0.3) is 0 Å². The van der Waals surface area contributed by atoms with Gasteiger partial charge in [-0.15, -0.1) is 0 Å². The van der Waals surface area contributed by atoms with Crippen molar-refractivity contribution in [3.05, 3.63) is 23.2 Å². The van der Waals surface area contributed by atoms with E-state index in [1.807, 2.05) is 18.5 Å². The van der Waals surface area contributed by atoms with Crippen molar-refractivity contribution in [3.8, 4) is 11.4 Å². The van der Waals surface area contributed by atoms with Crippen molar-refractivity contribution in [1.82, 2.24) is 14.8 Å². The Labute approximate surface area is 68.3 Å². The largest absolute Gasteiger partial charge is 0.249 e. The standard InChI is InChI=1S/C7H7N3S/c1-10-7(8-5-9-10)6-2-3-11-4-6/h2-5H,1H3. The van der Waals surface area contributed by atoms with Gasteiger partial charge in [-0.25, -0.2) is 9.67 Å². The zero-order valence-electron chi connectivity index (χ0n) is 6.06. The summed E-state index contributed by atoms with van der Waals surface area (Å²) >= 11 is 1.67. The Morgan fingerprint density at radius 3 is 3.00 bits per heavy atom. The molecular formula is C7H7N3S. The summed E-state index contributed by atoms with van der Waals surface area (Å²) in [4.78, 5) is 4.12. The fourth-order valence-corrected chi connectivity index (χ4v) is 1.58. The third kappa shape index (κ3) is 1.05. The van der Waals surface area contributed by atoms with Crippen molar-refractivity contribution in [3.63, 3.8) is 0 Å². The molecular weight excluding hydrogens is 158 g/mol. The van der Waals surface area contributed by atoms with Gasteiger partial charge in [-0.05, 0) is 11.4 Å². The average molecular weight is 165 g/mol. The number of hydrogen-bond acceptors (Lipinski definition) is 3. The van der Waals surface area contributed by atoms with Crippen LogP contribution in [0.15, 0.2) is 23.2 Å². The number of aryl methyl sites for hydroxylation is 1. The van der Waals surface area contributed by atoms with E-state index in [4.69, 9.17) is 0 Å². The fourth-order valence-electron chi connectivity index (χ4n) is 0.949. The first kappa shape index (κ1) is 6.54. The molecule has 0 aromatic carbocycles. The Morgan fingerprint density at radius 1 is 1.55 bits per heavy atom. The van der Waals surface area contributed by atoms with Gasteiger partial charge in [0.15, 0.2) is 5.82 Å². The maximum Gasteiger partial charge on any atom is 0.158 e. The van der Waals surface area contributed by atoms with Crippen LogP contribution in [-0.2, 0) is 7.05 Å². The molecule has 0 saturated carbocycles. The molecule has 0 amide bonds. The maximum absolute atomic E-state index is 4.12. The second-order valence-electron chi connectivity index (χ2n) is 2.22. The van der Waals surface area contributed by atoms with Crippen LogP contribution in [-0.4, -0.2) is 14.8 Å². The molecule has 2 aromatic heterocycles. The first-order chi connectivity index (χ1) is 5.38. The Bertz CT molecular complexity index is 336. The molecule has 0 aliphatic heterocycles. The topological polar surface area (TPSA) is 30.7 Å². The van der Waals surface area contributed by atoms with Gasteiger partial charge < -0.3 is 0 Å². The minimum absolute atomic E-state index is 0.922. The molecule has 4 heteroatoms. The van der Waals surface area contributed by atoms with E-state index in [9.17, 15) is 0 Å². The van der Waals surface area contributed by atoms with Gasteiger partial charge >= 0.3 is 0 Å². The van der Waals surface area contributed by atoms with Crippen LogP contribution >= 0.6 is 11.3 Å². The molecule has 0 radical (unpaired) electrons. The number of thiophene rings is 1. The highest BCUT2D eigenvalue weighted by Crippen LogP contribution is 2.17. The molecule has 3 nitrogen and oxygen atoms in total. The summed E-state index contributed by atoms with van der Waals surface area (Å²) in [6, 6.07) is 2.04. The molecule has 2 aromatic rings. The van der Waals surface area contributed by atoms with Crippen molar-refractivity contribution in [1.29, 1.82) is 0 Å². The second-order valence-corrected chi connectivity index (χ2v) is 3.00. The van der Waals surface area contributed by atoms with Crippen molar-refractivity contribution in [2.24, 2.45) is 7.05 Å². The van der Waals surface area contributed by atoms with Crippen LogP contribution in [0.5, 0.6) is 0 Å². The molecule has 0 spiro atoms. The molecule has 0 unspecified atom stereocenters. The summed E-state index contributed by atoms with van der Waals surface area (Å²) < 4.78 is 1.77. The van der Waals surface area contributed by atoms with E-state index in [1.165, 1.54) is 0 Å². The van der Waals surface area contributed by atoms with Gasteiger partial charge in [0.05, 0.1) is 0 Å². The zero-order chi connectivity index (χ0) is 7.68. The van der Waals surface area contributed by atoms with Crippen molar-refractivity contribution in [2.45, 2.75) is 0 Å². The molecule has 0 bridgehead atoms. The third-order valence-electron chi connectivity index (χ3n) is 1.49. The summed E-state index contributed by atoms with van der Waals surface area (Å²) in [5.74, 6) is 0.922. The average Bonchev–Trinajstić information content (AvgIpc) is 2.55. The lowest BCUT2D eigenvalue weighted by atomic mass is 10.3. The van der Waals surface area contributed by atoms with E-state index >= 15 is 0 Å². The highest BCUT2D eigenvalue weighted by Gasteiger charge is 2.02. The Morgan fingerprint density at radius 2 is 2.45 bits per heavy atom. The van der Waals surface area contributed by atoms with Gasteiger partial charge in [-0.1, -0.05) is 0 Å². The lowest BCUT2D eigenvalue weighted by molar-refractivity contribution is 0.775. The number of hydrogen-bond donors (Lipinski definition) is 0. The number of nitrogens with zero attached hydrogens (tertiary/aromatic N) is 3. The Kier molecular flexibility index (Phi) is 1.47. The van der Waals surface area contributed by atoms with E-state index in [-0.39, 0.29) is 0 Å². The van der Waals surface area contributed by atoms with E-state index in [1.54, 1.807) is 22.3 Å². The summed E-state index contributed by atoms with van der Waals surface area (Å²) in [6.07, 6.45) is 1.56. The number of aromatic nitrogens is 3. The van der Waals surface area contributed by atoms with Crippen LogP contribution in [0.25, 0.3) is 11.4 Å². The summed E-state index contributed by atoms with van der Waals surface area (Å²) in [5, 5.41) is 8.07. The highest BCUT2D eigenvalue weighted by molar-refractivity contribution is 7.08. The Balaban J connectivity index is 2.53. The molecule has 0 aliphatic carbocycles. The number of rotatable bonds is 1. The van der Waals surface area contributed by atoms with Crippen LogP contribution in [0.2, 0.25) is 0 Å². The summed E-state index contributed by atoms with van der Waals surface area (Å²) in [7, 11) is 1.89. The zero-order valence-corrected chi connectivity index (χ0v) is 6.88. The lowest BCUT2D eigenvalue weighted by Gasteiger charge is -1.93. The van der Waals surface area contributed by atoms with Gasteiger partial charge in [0.1, 0.15) is 6.33 Å². The SMILES string of the molecule is Cn1ncnc1-c1ccsc1. The third-order valence-corrected chi connectivity index (χ3v) is 2.17. The Hall–Kier alpha value is -1.16. The minimum atomic E-state index is 0.922. The van der Waals surface area contributed by atoms with Crippen LogP contribution in [0.1, 0.15) is 0 Å². The van der Waals surface area contributed by atoms with Gasteiger partial charge in [0.2, 0.25) is 0 Å². The normalized spacial score (nSPS) is 10.3. The van der Waals surface area contributed by atoms with Gasteiger partial charge in [-0.2, -0.15) is 16.4 Å². The molecule has 0 fully saturated rings. The molecule has 0 saturated heterocycles. The molecule has 0 atom stereocenters. The van der Waals surface area contributed by atoms with Crippen LogP contribution < -0.4 is 0 Å². The van der Waals surface area contributed by atoms with E-state index in [2.05, 4.69) is 15.5 Å². The fraction of sp³-hybridized carbons (Fsp3) is 0.143. The van der Waals surface area contributed by atoms with Crippen molar-refractivity contribution < 1.29 is 0 Å². The van der Waals surface area contributed by atoms with E-state index in [0.717, 1.165) is 11.4 Å². The first-order valence-corrected chi connectivity index (χ1v) is 4.19. The van der Waals surface area contributed by atoms with Gasteiger partial charge in [-0.3, -0.25) is 0 Å². The van der Waals surface area contributed by atoms with Crippen molar-refractivity contribution in [2.75, 3.05) is 0 Å². The predicted octanol–water partition coefficient (Wildman–Crippen LogP) is 1.54. The molecule has 2 heterocycles. The molecule has 11 heavy (non-hydrogen) atoms. The van der Waals surface area contributed by atoms with E-state index < -0.39 is 0 Å². The molecule has 2 rings (SSSR count). The second kappa shape index (κ2) is 2.47. The van der Waals surface area contributed by atoms with Crippen LogP contribution in [0.3, 0.4) is 0 Å². The maximum atomic E-state index is 4.12. The van der Waals surface area contributed by atoms with Crippen LogP contribution in [0, 0.1) is 0 Å². The molecule has 56 valence electrons. The van der Waals surface area contributed by atoms with E-state index in [0.29, 0.717) is 0 Å². The first-order valence-electron chi connectivity index (χ1n) is 3.24. The van der Waals surface area contributed by atoms with Crippen molar-refractivity contribution >= 4 is 11.3 Å². The monoisotopic (exact) mass is 165 g/mol. The van der Waals surface area contributed by atoms with Gasteiger partial charge in [0, 0.05) is 18.0 Å². The smallest absolute Gasteiger partial charge is 0.158 e.